The molecule has 1 aromatic rings. The fourth-order valence-corrected chi connectivity index (χ4v) is 1.34. The minimum absolute atomic E-state index is 0.0380. The molecule has 92 valence electrons. The van der Waals surface area contributed by atoms with Crippen molar-refractivity contribution in [3.63, 3.8) is 0 Å². The molecule has 6 heteroatoms. The zero-order valence-electron chi connectivity index (χ0n) is 9.11. The maximum absolute atomic E-state index is 11.6. The van der Waals surface area contributed by atoms with Crippen LogP contribution in [0.25, 0.3) is 0 Å². The van der Waals surface area contributed by atoms with Gasteiger partial charge in [0.05, 0.1) is 10.4 Å². The van der Waals surface area contributed by atoms with Gasteiger partial charge < -0.3 is 15.5 Å². The zero-order chi connectivity index (χ0) is 13.0. The minimum atomic E-state index is -0.969. The Morgan fingerprint density at radius 1 is 1.47 bits per heavy atom. The van der Waals surface area contributed by atoms with Crippen LogP contribution in [-0.2, 0) is 4.79 Å². The second-order valence-electron chi connectivity index (χ2n) is 3.62. The van der Waals surface area contributed by atoms with E-state index in [4.69, 9.17) is 5.11 Å². The van der Waals surface area contributed by atoms with Gasteiger partial charge in [0.1, 0.15) is 5.75 Å². The highest BCUT2D eigenvalue weighted by atomic mass is 79.9. The van der Waals surface area contributed by atoms with E-state index >= 15 is 0 Å². The van der Waals surface area contributed by atoms with Crippen LogP contribution in [0.5, 0.6) is 5.75 Å². The van der Waals surface area contributed by atoms with Crippen molar-refractivity contribution in [1.29, 1.82) is 0 Å². The molecule has 3 N–H and O–H groups in total. The quantitative estimate of drug-likeness (QED) is 0.788. The summed E-state index contributed by atoms with van der Waals surface area (Å²) < 4.78 is 0.493. The Kier molecular flexibility index (Phi) is 4.51. The van der Waals surface area contributed by atoms with Gasteiger partial charge in [-0.1, -0.05) is 6.92 Å². The first-order valence-electron chi connectivity index (χ1n) is 4.91. The van der Waals surface area contributed by atoms with Crippen LogP contribution in [0.4, 0.5) is 0 Å². The van der Waals surface area contributed by atoms with Gasteiger partial charge in [0.15, 0.2) is 0 Å². The van der Waals surface area contributed by atoms with Crippen LogP contribution in [0.3, 0.4) is 0 Å². The summed E-state index contributed by atoms with van der Waals surface area (Å²) in [5, 5.41) is 20.5. The summed E-state index contributed by atoms with van der Waals surface area (Å²) in [7, 11) is 0. The minimum Gasteiger partial charge on any atom is -0.507 e. The van der Waals surface area contributed by atoms with Crippen LogP contribution in [0, 0.1) is 5.92 Å². The molecule has 0 saturated carbocycles. The number of phenols is 1. The van der Waals surface area contributed by atoms with Crippen molar-refractivity contribution in [2.24, 2.45) is 5.92 Å². The lowest BCUT2D eigenvalue weighted by Gasteiger charge is -2.08. The Labute approximate surface area is 107 Å². The monoisotopic (exact) mass is 301 g/mol. The van der Waals surface area contributed by atoms with Gasteiger partial charge in [-0.15, -0.1) is 0 Å². The summed E-state index contributed by atoms with van der Waals surface area (Å²) >= 11 is 3.10. The van der Waals surface area contributed by atoms with E-state index in [-0.39, 0.29) is 17.9 Å². The van der Waals surface area contributed by atoms with Crippen LogP contribution in [0.15, 0.2) is 22.7 Å². The standard InChI is InChI=1S/C11H12BrNO4/c1-6(11(16)17)5-13-10(15)7-2-3-8(12)9(14)4-7/h2-4,6,14H,5H2,1H3,(H,13,15)(H,16,17). The maximum Gasteiger partial charge on any atom is 0.308 e. The first kappa shape index (κ1) is 13.5. The number of phenolic OH excluding ortho intramolecular Hbond substituents is 1. The highest BCUT2D eigenvalue weighted by molar-refractivity contribution is 9.10. The average Bonchev–Trinajstić information content (AvgIpc) is 2.28. The lowest BCUT2D eigenvalue weighted by molar-refractivity contribution is -0.140. The number of aliphatic carboxylic acids is 1. The van der Waals surface area contributed by atoms with Crippen molar-refractivity contribution in [1.82, 2.24) is 5.32 Å². The van der Waals surface area contributed by atoms with Crippen LogP contribution >= 0.6 is 15.9 Å². The Hall–Kier alpha value is -1.56. The van der Waals surface area contributed by atoms with Gasteiger partial charge >= 0.3 is 5.97 Å². The lowest BCUT2D eigenvalue weighted by Crippen LogP contribution is -2.31. The molecule has 0 heterocycles. The van der Waals surface area contributed by atoms with Gasteiger partial charge in [-0.05, 0) is 34.1 Å². The molecule has 0 radical (unpaired) electrons. The number of hydrogen-bond acceptors (Lipinski definition) is 3. The average molecular weight is 302 g/mol. The number of carboxylic acid groups (broad SMARTS) is 1. The molecule has 0 aliphatic rings. The van der Waals surface area contributed by atoms with Gasteiger partial charge in [-0.25, -0.2) is 0 Å². The van der Waals surface area contributed by atoms with Gasteiger partial charge in [-0.3, -0.25) is 9.59 Å². The second-order valence-corrected chi connectivity index (χ2v) is 4.47. The van der Waals surface area contributed by atoms with E-state index in [0.29, 0.717) is 4.47 Å². The summed E-state index contributed by atoms with van der Waals surface area (Å²) in [5.74, 6) is -2.07. The summed E-state index contributed by atoms with van der Waals surface area (Å²) in [5.41, 5.74) is 0.281. The highest BCUT2D eigenvalue weighted by Gasteiger charge is 2.13. The summed E-state index contributed by atoms with van der Waals surface area (Å²) in [6, 6.07) is 4.39. The van der Waals surface area contributed by atoms with Crippen molar-refractivity contribution < 1.29 is 19.8 Å². The molecule has 1 unspecified atom stereocenters. The third-order valence-corrected chi connectivity index (χ3v) is 2.87. The van der Waals surface area contributed by atoms with Crippen LogP contribution in [-0.4, -0.2) is 28.6 Å². The third kappa shape index (κ3) is 3.74. The molecule has 1 atom stereocenters. The van der Waals surface area contributed by atoms with Gasteiger partial charge in [0.25, 0.3) is 5.91 Å². The Morgan fingerprint density at radius 3 is 2.65 bits per heavy atom. The molecule has 0 aliphatic carbocycles. The molecule has 17 heavy (non-hydrogen) atoms. The van der Waals surface area contributed by atoms with Gasteiger partial charge in [-0.2, -0.15) is 0 Å². The van der Waals surface area contributed by atoms with Crippen molar-refractivity contribution >= 4 is 27.8 Å². The fraction of sp³-hybridized carbons (Fsp3) is 0.273. The van der Waals surface area contributed by atoms with Crippen LogP contribution < -0.4 is 5.32 Å². The summed E-state index contributed by atoms with van der Waals surface area (Å²) in [6.07, 6.45) is 0. The normalized spacial score (nSPS) is 11.9. The van der Waals surface area contributed by atoms with Crippen molar-refractivity contribution in [2.75, 3.05) is 6.54 Å². The third-order valence-electron chi connectivity index (χ3n) is 2.20. The molecule has 0 aromatic heterocycles. The number of halogens is 1. The van der Waals surface area contributed by atoms with Crippen LogP contribution in [0.2, 0.25) is 0 Å². The Balaban J connectivity index is 2.64. The van der Waals surface area contributed by atoms with E-state index in [0.717, 1.165) is 0 Å². The number of carboxylic acids is 1. The smallest absolute Gasteiger partial charge is 0.308 e. The predicted octanol–water partition coefficient (Wildman–Crippen LogP) is 1.61. The molecule has 1 amide bonds. The number of carbonyl (C=O) groups excluding carboxylic acids is 1. The highest BCUT2D eigenvalue weighted by Crippen LogP contribution is 2.24. The number of aromatic hydroxyl groups is 1. The topological polar surface area (TPSA) is 86.6 Å². The zero-order valence-corrected chi connectivity index (χ0v) is 10.7. The van der Waals surface area contributed by atoms with E-state index in [1.54, 1.807) is 6.07 Å². The molecule has 0 saturated heterocycles. The summed E-state index contributed by atoms with van der Waals surface area (Å²) in [6.45, 7) is 1.55. The van der Waals surface area contributed by atoms with E-state index in [2.05, 4.69) is 21.2 Å². The Bertz CT molecular complexity index is 447. The molecular weight excluding hydrogens is 290 g/mol. The van der Waals surface area contributed by atoms with Crippen LogP contribution in [0.1, 0.15) is 17.3 Å². The van der Waals surface area contributed by atoms with E-state index < -0.39 is 17.8 Å². The number of carbonyl (C=O) groups is 2. The van der Waals surface area contributed by atoms with Gasteiger partial charge in [0.2, 0.25) is 0 Å². The summed E-state index contributed by atoms with van der Waals surface area (Å²) in [4.78, 5) is 22.2. The molecular formula is C11H12BrNO4. The molecule has 0 bridgehead atoms. The SMILES string of the molecule is CC(CNC(=O)c1ccc(Br)c(O)c1)C(=O)O. The largest absolute Gasteiger partial charge is 0.507 e. The first-order valence-corrected chi connectivity index (χ1v) is 5.70. The number of benzene rings is 1. The molecule has 1 aromatic carbocycles. The molecule has 1 rings (SSSR count). The fourth-order valence-electron chi connectivity index (χ4n) is 1.09. The van der Waals surface area contributed by atoms with E-state index in [9.17, 15) is 14.7 Å². The molecule has 5 nitrogen and oxygen atoms in total. The van der Waals surface area contributed by atoms with Gasteiger partial charge in [0, 0.05) is 12.1 Å². The number of rotatable bonds is 4. The molecule has 0 aliphatic heterocycles. The second kappa shape index (κ2) is 5.67. The van der Waals surface area contributed by atoms with Crippen molar-refractivity contribution in [3.8, 4) is 5.75 Å². The maximum atomic E-state index is 11.6. The number of nitrogens with one attached hydrogen (secondary N) is 1. The van der Waals surface area contributed by atoms with E-state index in [1.165, 1.54) is 19.1 Å². The van der Waals surface area contributed by atoms with Crippen molar-refractivity contribution in [2.45, 2.75) is 6.92 Å². The molecule has 0 fully saturated rings. The Morgan fingerprint density at radius 2 is 2.12 bits per heavy atom. The number of hydrogen-bond donors (Lipinski definition) is 3. The first-order chi connectivity index (χ1) is 7.91. The predicted molar refractivity (Wildman–Crippen MR) is 64.9 cm³/mol. The van der Waals surface area contributed by atoms with E-state index in [1.807, 2.05) is 0 Å². The lowest BCUT2D eigenvalue weighted by atomic mass is 10.1. The molecule has 0 spiro atoms. The number of amides is 1. The van der Waals surface area contributed by atoms with Crippen molar-refractivity contribution in [3.05, 3.63) is 28.2 Å².